The number of nitrogens with zero attached hydrogens (tertiary/aromatic N) is 2. The number of hydrogen-bond acceptors (Lipinski definition) is 3. The van der Waals surface area contributed by atoms with Crippen LogP contribution in [0.25, 0.3) is 22.4 Å². The van der Waals surface area contributed by atoms with Gasteiger partial charge in [-0.15, -0.1) is 0 Å². The van der Waals surface area contributed by atoms with Crippen LogP contribution >= 0.6 is 15.9 Å². The van der Waals surface area contributed by atoms with Crippen molar-refractivity contribution in [3.05, 3.63) is 70.5 Å². The SMILES string of the molecule is N#Cc1c(-c2ccc(F)cc2)cc(-c2ccccc2Br)nc1N. The topological polar surface area (TPSA) is 62.7 Å². The largest absolute Gasteiger partial charge is 0.383 e. The van der Waals surface area contributed by atoms with Gasteiger partial charge in [0.1, 0.15) is 23.3 Å². The maximum atomic E-state index is 13.2. The summed E-state index contributed by atoms with van der Waals surface area (Å²) in [5.74, 6) is -0.180. The fraction of sp³-hybridized carbons (Fsp3) is 0. The van der Waals surface area contributed by atoms with Gasteiger partial charge in [-0.05, 0) is 29.8 Å². The van der Waals surface area contributed by atoms with Crippen molar-refractivity contribution in [3.63, 3.8) is 0 Å². The van der Waals surface area contributed by atoms with Crippen LogP contribution in [0.1, 0.15) is 5.56 Å². The first-order valence-corrected chi connectivity index (χ1v) is 7.61. The molecule has 0 amide bonds. The molecule has 1 heterocycles. The molecule has 3 aromatic rings. The van der Waals surface area contributed by atoms with E-state index >= 15 is 0 Å². The summed E-state index contributed by atoms with van der Waals surface area (Å²) in [6, 6.07) is 17.4. The maximum absolute atomic E-state index is 13.2. The van der Waals surface area contributed by atoms with E-state index in [-0.39, 0.29) is 17.2 Å². The molecule has 0 saturated heterocycles. The molecule has 2 N–H and O–H groups in total. The number of benzene rings is 2. The average Bonchev–Trinajstić information content (AvgIpc) is 2.55. The van der Waals surface area contributed by atoms with Gasteiger partial charge in [0, 0.05) is 15.6 Å². The summed E-state index contributed by atoms with van der Waals surface area (Å²) < 4.78 is 14.0. The Morgan fingerprint density at radius 2 is 1.74 bits per heavy atom. The smallest absolute Gasteiger partial charge is 0.142 e. The summed E-state index contributed by atoms with van der Waals surface area (Å²) in [6.07, 6.45) is 0. The van der Waals surface area contributed by atoms with Crippen LogP contribution in [0.4, 0.5) is 10.2 Å². The number of nitriles is 1. The van der Waals surface area contributed by atoms with E-state index in [9.17, 15) is 9.65 Å². The molecule has 0 radical (unpaired) electrons. The fourth-order valence-corrected chi connectivity index (χ4v) is 2.83. The molecule has 0 saturated carbocycles. The van der Waals surface area contributed by atoms with E-state index in [1.54, 1.807) is 18.2 Å². The number of rotatable bonds is 2. The number of anilines is 1. The summed E-state index contributed by atoms with van der Waals surface area (Å²) in [4.78, 5) is 4.33. The Balaban J connectivity index is 2.25. The molecule has 0 aliphatic rings. The summed E-state index contributed by atoms with van der Waals surface area (Å²) in [5.41, 5.74) is 9.11. The molecule has 112 valence electrons. The normalized spacial score (nSPS) is 10.3. The molecular formula is C18H11BrFN3. The number of pyridine rings is 1. The van der Waals surface area contributed by atoms with E-state index in [0.29, 0.717) is 16.8 Å². The Bertz CT molecular complexity index is 915. The van der Waals surface area contributed by atoms with Crippen LogP contribution in [0.15, 0.2) is 59.1 Å². The van der Waals surface area contributed by atoms with Crippen LogP contribution in [0.3, 0.4) is 0 Å². The van der Waals surface area contributed by atoms with E-state index in [2.05, 4.69) is 27.0 Å². The Labute approximate surface area is 141 Å². The van der Waals surface area contributed by atoms with E-state index in [4.69, 9.17) is 5.73 Å². The third-order valence-electron chi connectivity index (χ3n) is 3.46. The minimum atomic E-state index is -0.333. The summed E-state index contributed by atoms with van der Waals surface area (Å²) in [7, 11) is 0. The molecule has 2 aromatic carbocycles. The molecule has 0 fully saturated rings. The molecule has 5 heteroatoms. The van der Waals surface area contributed by atoms with Crippen molar-refractivity contribution in [2.75, 3.05) is 5.73 Å². The second-order valence-corrected chi connectivity index (χ2v) is 5.77. The monoisotopic (exact) mass is 367 g/mol. The van der Waals surface area contributed by atoms with Gasteiger partial charge in [0.2, 0.25) is 0 Å². The first-order chi connectivity index (χ1) is 11.1. The van der Waals surface area contributed by atoms with Gasteiger partial charge in [-0.3, -0.25) is 0 Å². The van der Waals surface area contributed by atoms with Gasteiger partial charge in [0.25, 0.3) is 0 Å². The summed E-state index contributed by atoms with van der Waals surface area (Å²) in [5, 5.41) is 9.38. The van der Waals surface area contributed by atoms with Gasteiger partial charge in [-0.25, -0.2) is 9.37 Å². The average molecular weight is 368 g/mol. The molecule has 3 nitrogen and oxygen atoms in total. The zero-order chi connectivity index (χ0) is 16.4. The molecule has 0 unspecified atom stereocenters. The molecule has 3 rings (SSSR count). The zero-order valence-corrected chi connectivity index (χ0v) is 13.5. The summed E-state index contributed by atoms with van der Waals surface area (Å²) >= 11 is 3.49. The van der Waals surface area contributed by atoms with Crippen molar-refractivity contribution in [2.45, 2.75) is 0 Å². The van der Waals surface area contributed by atoms with E-state index < -0.39 is 0 Å². The van der Waals surface area contributed by atoms with Crippen molar-refractivity contribution >= 4 is 21.7 Å². The lowest BCUT2D eigenvalue weighted by Crippen LogP contribution is -2.00. The molecule has 0 spiro atoms. The molecule has 1 aromatic heterocycles. The lowest BCUT2D eigenvalue weighted by molar-refractivity contribution is 0.628. The zero-order valence-electron chi connectivity index (χ0n) is 11.9. The minimum absolute atomic E-state index is 0.153. The molecule has 0 atom stereocenters. The predicted molar refractivity (Wildman–Crippen MR) is 91.9 cm³/mol. The predicted octanol–water partition coefficient (Wildman–Crippen LogP) is 4.77. The molecule has 0 aliphatic carbocycles. The van der Waals surface area contributed by atoms with Gasteiger partial charge >= 0.3 is 0 Å². The van der Waals surface area contributed by atoms with Gasteiger partial charge in [-0.1, -0.05) is 46.3 Å². The van der Waals surface area contributed by atoms with Crippen molar-refractivity contribution in [1.29, 1.82) is 5.26 Å². The van der Waals surface area contributed by atoms with Crippen LogP contribution in [-0.4, -0.2) is 4.98 Å². The lowest BCUT2D eigenvalue weighted by atomic mass is 9.98. The quantitative estimate of drug-likeness (QED) is 0.709. The van der Waals surface area contributed by atoms with Gasteiger partial charge in [0.15, 0.2) is 0 Å². The van der Waals surface area contributed by atoms with Crippen molar-refractivity contribution in [2.24, 2.45) is 0 Å². The summed E-state index contributed by atoms with van der Waals surface area (Å²) in [6.45, 7) is 0. The van der Waals surface area contributed by atoms with Crippen molar-refractivity contribution < 1.29 is 4.39 Å². The Morgan fingerprint density at radius 3 is 2.39 bits per heavy atom. The van der Waals surface area contributed by atoms with Gasteiger partial charge < -0.3 is 5.73 Å². The number of halogens is 2. The Kier molecular flexibility index (Phi) is 4.09. The molecular weight excluding hydrogens is 357 g/mol. The van der Waals surface area contributed by atoms with Crippen LogP contribution < -0.4 is 5.73 Å². The van der Waals surface area contributed by atoms with Gasteiger partial charge in [-0.2, -0.15) is 5.26 Å². The number of nitrogen functional groups attached to an aromatic ring is 1. The molecule has 0 aliphatic heterocycles. The third-order valence-corrected chi connectivity index (χ3v) is 4.16. The highest BCUT2D eigenvalue weighted by atomic mass is 79.9. The van der Waals surface area contributed by atoms with E-state index in [0.717, 1.165) is 10.0 Å². The molecule has 0 bridgehead atoms. The lowest BCUT2D eigenvalue weighted by Gasteiger charge is -2.11. The maximum Gasteiger partial charge on any atom is 0.142 e. The van der Waals surface area contributed by atoms with Crippen LogP contribution in [-0.2, 0) is 0 Å². The highest BCUT2D eigenvalue weighted by Crippen LogP contribution is 2.33. The number of nitrogens with two attached hydrogens (primary N) is 1. The fourth-order valence-electron chi connectivity index (χ4n) is 2.35. The first-order valence-electron chi connectivity index (χ1n) is 6.81. The highest BCUT2D eigenvalue weighted by molar-refractivity contribution is 9.10. The van der Waals surface area contributed by atoms with Crippen molar-refractivity contribution in [3.8, 4) is 28.5 Å². The Morgan fingerprint density at radius 1 is 1.04 bits per heavy atom. The standard InChI is InChI=1S/C18H11BrFN3/c19-16-4-2-1-3-13(16)17-9-14(15(10-21)18(22)23-17)11-5-7-12(20)8-6-11/h1-9H,(H2,22,23). The van der Waals surface area contributed by atoms with Crippen molar-refractivity contribution in [1.82, 2.24) is 4.98 Å². The Hall–Kier alpha value is -2.71. The first kappa shape index (κ1) is 15.2. The minimum Gasteiger partial charge on any atom is -0.383 e. The second-order valence-electron chi connectivity index (χ2n) is 4.91. The second kappa shape index (κ2) is 6.19. The van der Waals surface area contributed by atoms with Crippen LogP contribution in [0.2, 0.25) is 0 Å². The number of hydrogen-bond donors (Lipinski definition) is 1. The van der Waals surface area contributed by atoms with Crippen LogP contribution in [0.5, 0.6) is 0 Å². The highest BCUT2D eigenvalue weighted by Gasteiger charge is 2.14. The number of aromatic nitrogens is 1. The molecule has 23 heavy (non-hydrogen) atoms. The van der Waals surface area contributed by atoms with Crippen LogP contribution in [0, 0.1) is 17.1 Å². The third kappa shape index (κ3) is 2.94. The van der Waals surface area contributed by atoms with E-state index in [1.165, 1.54) is 12.1 Å². The van der Waals surface area contributed by atoms with Gasteiger partial charge in [0.05, 0.1) is 5.69 Å². The van der Waals surface area contributed by atoms with E-state index in [1.807, 2.05) is 24.3 Å².